The van der Waals surface area contributed by atoms with Crippen molar-refractivity contribution in [2.24, 2.45) is 0 Å². The number of aryl methyl sites for hydroxylation is 2. The summed E-state index contributed by atoms with van der Waals surface area (Å²) in [5, 5.41) is 3.89. The summed E-state index contributed by atoms with van der Waals surface area (Å²) in [7, 11) is 0. The molecule has 0 saturated carbocycles. The number of carbonyl (C=O) groups is 1. The van der Waals surface area contributed by atoms with Gasteiger partial charge in [-0.25, -0.2) is 4.79 Å². The third-order valence-corrected chi connectivity index (χ3v) is 3.98. The fourth-order valence-corrected chi connectivity index (χ4v) is 2.44. The first kappa shape index (κ1) is 18.5. The number of hydrogen-bond donors (Lipinski definition) is 0. The normalized spacial score (nSPS) is 10.4. The Balaban J connectivity index is 1.44. The number of nitrogens with zero attached hydrogens (tertiary/aromatic N) is 1. The maximum Gasteiger partial charge on any atom is 0.338 e. The van der Waals surface area contributed by atoms with E-state index in [1.807, 2.05) is 44.2 Å². The molecule has 0 bridgehead atoms. The summed E-state index contributed by atoms with van der Waals surface area (Å²) in [4.78, 5) is 12.1. The number of para-hydroxylation sites is 1. The lowest BCUT2D eigenvalue weighted by Crippen LogP contribution is -2.12. The van der Waals surface area contributed by atoms with Crippen LogP contribution in [0.3, 0.4) is 0 Å². The van der Waals surface area contributed by atoms with Gasteiger partial charge in [0.05, 0.1) is 16.8 Å². The number of hydrogen-bond acceptors (Lipinski definition) is 6. The van der Waals surface area contributed by atoms with E-state index in [1.165, 1.54) is 0 Å². The fraction of sp³-hybridized carbons (Fsp3) is 0.238. The molecule has 0 radical (unpaired) electrons. The van der Waals surface area contributed by atoms with Gasteiger partial charge < -0.3 is 18.7 Å². The SMILES string of the molecule is Cc1noc(C)c1COc1ccc(C(=O)OCCOc2ccccc2)cc1. The molecule has 0 spiro atoms. The standard InChI is InChI=1S/C21H21NO5/c1-15-20(16(2)27-22-15)14-26-19-10-8-17(9-11-19)21(23)25-13-12-24-18-6-4-3-5-7-18/h3-11H,12-14H2,1-2H3. The molecule has 0 aliphatic rings. The van der Waals surface area contributed by atoms with Gasteiger partial charge in [0, 0.05) is 0 Å². The number of benzene rings is 2. The number of rotatable bonds is 8. The van der Waals surface area contributed by atoms with Crippen molar-refractivity contribution >= 4 is 5.97 Å². The lowest BCUT2D eigenvalue weighted by Gasteiger charge is -2.08. The molecule has 0 fully saturated rings. The van der Waals surface area contributed by atoms with Crippen molar-refractivity contribution in [2.45, 2.75) is 20.5 Å². The first-order valence-electron chi connectivity index (χ1n) is 8.63. The van der Waals surface area contributed by atoms with Gasteiger partial charge in [0.25, 0.3) is 0 Å². The molecule has 3 aromatic rings. The van der Waals surface area contributed by atoms with Crippen LogP contribution in [0.25, 0.3) is 0 Å². The van der Waals surface area contributed by atoms with E-state index in [9.17, 15) is 4.79 Å². The van der Waals surface area contributed by atoms with Crippen LogP contribution in [0.2, 0.25) is 0 Å². The van der Waals surface area contributed by atoms with Gasteiger partial charge in [0.2, 0.25) is 0 Å². The Labute approximate surface area is 157 Å². The van der Waals surface area contributed by atoms with Gasteiger partial charge in [0.15, 0.2) is 0 Å². The van der Waals surface area contributed by atoms with Gasteiger partial charge in [-0.2, -0.15) is 0 Å². The van der Waals surface area contributed by atoms with E-state index in [1.54, 1.807) is 24.3 Å². The third kappa shape index (κ3) is 5.10. The second-order valence-electron chi connectivity index (χ2n) is 5.91. The van der Waals surface area contributed by atoms with Gasteiger partial charge in [-0.3, -0.25) is 0 Å². The molecule has 0 N–H and O–H groups in total. The average Bonchev–Trinajstić information content (AvgIpc) is 3.02. The van der Waals surface area contributed by atoms with E-state index in [2.05, 4.69) is 5.16 Å². The molecule has 6 heteroatoms. The molecule has 2 aromatic carbocycles. The van der Waals surface area contributed by atoms with E-state index < -0.39 is 5.97 Å². The topological polar surface area (TPSA) is 70.8 Å². The van der Waals surface area contributed by atoms with Crippen molar-refractivity contribution in [3.63, 3.8) is 0 Å². The highest BCUT2D eigenvalue weighted by Gasteiger charge is 2.11. The fourth-order valence-electron chi connectivity index (χ4n) is 2.44. The summed E-state index contributed by atoms with van der Waals surface area (Å²) >= 11 is 0. The molecule has 1 heterocycles. The van der Waals surface area contributed by atoms with Crippen LogP contribution in [0, 0.1) is 13.8 Å². The Kier molecular flexibility index (Phi) is 6.10. The summed E-state index contributed by atoms with van der Waals surface area (Å²) in [6.07, 6.45) is 0. The van der Waals surface area contributed by atoms with Gasteiger partial charge in [-0.15, -0.1) is 0 Å². The highest BCUT2D eigenvalue weighted by molar-refractivity contribution is 5.89. The molecular weight excluding hydrogens is 346 g/mol. The van der Waals surface area contributed by atoms with Crippen molar-refractivity contribution in [1.29, 1.82) is 0 Å². The van der Waals surface area contributed by atoms with Crippen LogP contribution in [-0.2, 0) is 11.3 Å². The molecular formula is C21H21NO5. The molecule has 0 aliphatic heterocycles. The molecule has 0 atom stereocenters. The van der Waals surface area contributed by atoms with Gasteiger partial charge in [-0.05, 0) is 50.2 Å². The minimum absolute atomic E-state index is 0.179. The maximum atomic E-state index is 12.1. The van der Waals surface area contributed by atoms with Gasteiger partial charge >= 0.3 is 5.97 Å². The molecule has 0 amide bonds. The highest BCUT2D eigenvalue weighted by Crippen LogP contribution is 2.18. The van der Waals surface area contributed by atoms with Crippen molar-refractivity contribution in [2.75, 3.05) is 13.2 Å². The van der Waals surface area contributed by atoms with E-state index in [0.29, 0.717) is 24.5 Å². The summed E-state index contributed by atoms with van der Waals surface area (Å²) in [6, 6.07) is 16.2. The number of esters is 1. The first-order chi connectivity index (χ1) is 13.1. The van der Waals surface area contributed by atoms with Crippen LogP contribution in [0.5, 0.6) is 11.5 Å². The van der Waals surface area contributed by atoms with Crippen LogP contribution in [0.4, 0.5) is 0 Å². The Bertz CT molecular complexity index is 852. The van der Waals surface area contributed by atoms with Crippen molar-refractivity contribution in [1.82, 2.24) is 5.16 Å². The monoisotopic (exact) mass is 367 g/mol. The molecule has 1 aromatic heterocycles. The van der Waals surface area contributed by atoms with Crippen LogP contribution in [0.1, 0.15) is 27.4 Å². The van der Waals surface area contributed by atoms with Crippen molar-refractivity contribution < 1.29 is 23.5 Å². The first-order valence-corrected chi connectivity index (χ1v) is 8.63. The third-order valence-electron chi connectivity index (χ3n) is 3.98. The highest BCUT2D eigenvalue weighted by atomic mass is 16.6. The van der Waals surface area contributed by atoms with Crippen molar-refractivity contribution in [3.8, 4) is 11.5 Å². The lowest BCUT2D eigenvalue weighted by atomic mass is 10.2. The van der Waals surface area contributed by atoms with Crippen LogP contribution in [0.15, 0.2) is 59.1 Å². The Morgan fingerprint density at radius 3 is 2.30 bits per heavy atom. The van der Waals surface area contributed by atoms with Crippen molar-refractivity contribution in [3.05, 3.63) is 77.2 Å². The van der Waals surface area contributed by atoms with E-state index in [0.717, 1.165) is 22.8 Å². The second-order valence-corrected chi connectivity index (χ2v) is 5.91. The number of carbonyl (C=O) groups excluding carboxylic acids is 1. The maximum absolute atomic E-state index is 12.1. The minimum Gasteiger partial charge on any atom is -0.490 e. The molecule has 0 saturated heterocycles. The largest absolute Gasteiger partial charge is 0.490 e. The summed E-state index contributed by atoms with van der Waals surface area (Å²) in [6.45, 7) is 4.56. The summed E-state index contributed by atoms with van der Waals surface area (Å²) < 4.78 is 21.5. The average molecular weight is 367 g/mol. The molecule has 27 heavy (non-hydrogen) atoms. The van der Waals surface area contributed by atoms with E-state index >= 15 is 0 Å². The van der Waals surface area contributed by atoms with Crippen LogP contribution < -0.4 is 9.47 Å². The van der Waals surface area contributed by atoms with Crippen LogP contribution >= 0.6 is 0 Å². The summed E-state index contributed by atoms with van der Waals surface area (Å²) in [5.41, 5.74) is 2.20. The van der Waals surface area contributed by atoms with Gasteiger partial charge in [0.1, 0.15) is 37.1 Å². The van der Waals surface area contributed by atoms with E-state index in [4.69, 9.17) is 18.7 Å². The predicted molar refractivity (Wildman–Crippen MR) is 99.0 cm³/mol. The minimum atomic E-state index is -0.399. The van der Waals surface area contributed by atoms with Crippen LogP contribution in [-0.4, -0.2) is 24.3 Å². The molecule has 3 rings (SSSR count). The number of aromatic nitrogens is 1. The Morgan fingerprint density at radius 2 is 1.63 bits per heavy atom. The Hall–Kier alpha value is -3.28. The Morgan fingerprint density at radius 1 is 0.926 bits per heavy atom. The molecule has 0 unspecified atom stereocenters. The number of ether oxygens (including phenoxy) is 3. The zero-order valence-corrected chi connectivity index (χ0v) is 15.3. The van der Waals surface area contributed by atoms with E-state index in [-0.39, 0.29) is 6.61 Å². The second kappa shape index (κ2) is 8.89. The molecule has 140 valence electrons. The lowest BCUT2D eigenvalue weighted by molar-refractivity contribution is 0.0450. The zero-order valence-electron chi connectivity index (χ0n) is 15.3. The quantitative estimate of drug-likeness (QED) is 0.441. The van der Waals surface area contributed by atoms with Gasteiger partial charge in [-0.1, -0.05) is 23.4 Å². The molecule has 6 nitrogen and oxygen atoms in total. The summed E-state index contributed by atoms with van der Waals surface area (Å²) in [5.74, 6) is 1.74. The molecule has 0 aliphatic carbocycles. The zero-order chi connectivity index (χ0) is 19.1. The predicted octanol–water partition coefficient (Wildman–Crippen LogP) is 4.11. The smallest absolute Gasteiger partial charge is 0.338 e.